The van der Waals surface area contributed by atoms with Gasteiger partial charge in [0.1, 0.15) is 28.5 Å². The maximum absolute atomic E-state index is 13.6. The van der Waals surface area contributed by atoms with Crippen molar-refractivity contribution in [3.8, 4) is 27.9 Å². The van der Waals surface area contributed by atoms with Crippen molar-refractivity contribution in [1.29, 1.82) is 0 Å². The number of sulfonamides is 1. The Hall–Kier alpha value is -3.55. The summed E-state index contributed by atoms with van der Waals surface area (Å²) < 4.78 is 48.1. The van der Waals surface area contributed by atoms with Gasteiger partial charge in [0.2, 0.25) is 16.0 Å². The van der Waals surface area contributed by atoms with E-state index < -0.39 is 21.4 Å². The van der Waals surface area contributed by atoms with E-state index in [1.54, 1.807) is 35.2 Å². The molecular weight excluding hydrogens is 516 g/mol. The Morgan fingerprint density at radius 3 is 2.16 bits per heavy atom. The van der Waals surface area contributed by atoms with E-state index >= 15 is 0 Å². The summed E-state index contributed by atoms with van der Waals surface area (Å²) in [7, 11) is 0.387. The van der Waals surface area contributed by atoms with E-state index in [0.29, 0.717) is 23.0 Å². The molecule has 0 aliphatic carbocycles. The third-order valence-corrected chi connectivity index (χ3v) is 8.40. The summed E-state index contributed by atoms with van der Waals surface area (Å²) in [4.78, 5) is 10.4. The molecule has 37 heavy (non-hydrogen) atoms. The van der Waals surface area contributed by atoms with Crippen LogP contribution in [0.2, 0.25) is 0 Å². The van der Waals surface area contributed by atoms with Crippen LogP contribution in [-0.2, 0) is 14.8 Å². The lowest BCUT2D eigenvalue weighted by Crippen LogP contribution is -2.33. The first-order chi connectivity index (χ1) is 17.7. The Kier molecular flexibility index (Phi) is 7.76. The van der Waals surface area contributed by atoms with Crippen molar-refractivity contribution in [2.45, 2.75) is 32.1 Å². The summed E-state index contributed by atoms with van der Waals surface area (Å²) in [5.41, 5.74) is 1.30. The molecule has 0 saturated heterocycles. The molecule has 11 nitrogen and oxygen atoms in total. The Morgan fingerprint density at radius 1 is 0.973 bits per heavy atom. The molecule has 0 bridgehead atoms. The number of rotatable bonds is 10. The minimum Gasteiger partial charge on any atom is -0.494 e. The van der Waals surface area contributed by atoms with Crippen LogP contribution in [0.4, 0.5) is 5.95 Å². The van der Waals surface area contributed by atoms with Crippen LogP contribution in [0, 0.1) is 13.8 Å². The summed E-state index contributed by atoms with van der Waals surface area (Å²) in [6.45, 7) is 5.34. The molecule has 196 valence electrons. The molecule has 0 aliphatic heterocycles. The maximum Gasteiger partial charge on any atom is 0.243 e. The zero-order valence-electron chi connectivity index (χ0n) is 21.3. The van der Waals surface area contributed by atoms with E-state index in [-0.39, 0.29) is 11.8 Å². The van der Waals surface area contributed by atoms with E-state index in [4.69, 9.17) is 14.2 Å². The first-order valence-electron chi connectivity index (χ1n) is 11.3. The smallest absolute Gasteiger partial charge is 0.243 e. The van der Waals surface area contributed by atoms with E-state index in [2.05, 4.69) is 24.9 Å². The summed E-state index contributed by atoms with van der Waals surface area (Å²) in [6.07, 6.45) is 2.30. The van der Waals surface area contributed by atoms with Crippen LogP contribution >= 0.6 is 11.3 Å². The lowest BCUT2D eigenvalue weighted by Gasteiger charge is -2.22. The van der Waals surface area contributed by atoms with Gasteiger partial charge in [0.25, 0.3) is 0 Å². The summed E-state index contributed by atoms with van der Waals surface area (Å²) >= 11 is 1.50. The lowest BCUT2D eigenvalue weighted by atomic mass is 10.2. The Labute approximate surface area is 219 Å². The van der Waals surface area contributed by atoms with Gasteiger partial charge in [-0.05, 0) is 50.6 Å². The number of aryl methyl sites for hydroxylation is 2. The van der Waals surface area contributed by atoms with Crippen molar-refractivity contribution in [1.82, 2.24) is 24.7 Å². The number of hydrogen-bond donors (Lipinski definition) is 1. The van der Waals surface area contributed by atoms with Gasteiger partial charge in [-0.1, -0.05) is 6.07 Å². The molecule has 3 aromatic heterocycles. The quantitative estimate of drug-likeness (QED) is 0.315. The highest BCUT2D eigenvalue weighted by Gasteiger charge is 2.35. The van der Waals surface area contributed by atoms with Crippen LogP contribution in [0.3, 0.4) is 0 Å². The average Bonchev–Trinajstić information content (AvgIpc) is 3.50. The Balaban J connectivity index is 1.82. The Bertz CT molecular complexity index is 1460. The van der Waals surface area contributed by atoms with Crippen LogP contribution in [-0.4, -0.2) is 59.7 Å². The largest absolute Gasteiger partial charge is 0.494 e. The van der Waals surface area contributed by atoms with Crippen LogP contribution in [0.5, 0.6) is 11.5 Å². The van der Waals surface area contributed by atoms with Gasteiger partial charge in [-0.15, -0.1) is 21.5 Å². The topological polar surface area (TPSA) is 130 Å². The monoisotopic (exact) mass is 544 g/mol. The number of ether oxygens (including phenoxy) is 3. The number of para-hydroxylation sites is 1. The molecule has 2 atom stereocenters. The molecule has 0 radical (unpaired) electrons. The zero-order chi connectivity index (χ0) is 26.7. The molecule has 0 fully saturated rings. The number of thiophene rings is 1. The molecule has 0 unspecified atom stereocenters. The molecule has 4 rings (SSSR count). The summed E-state index contributed by atoms with van der Waals surface area (Å²) in [5.74, 6) is 1.55. The zero-order valence-corrected chi connectivity index (χ0v) is 22.9. The fourth-order valence-corrected chi connectivity index (χ4v) is 5.74. The minimum absolute atomic E-state index is 0.0321. The molecule has 0 spiro atoms. The van der Waals surface area contributed by atoms with E-state index in [1.807, 2.05) is 26.0 Å². The molecule has 0 saturated carbocycles. The fourth-order valence-electron chi connectivity index (χ4n) is 3.77. The second kappa shape index (κ2) is 10.8. The molecule has 13 heteroatoms. The van der Waals surface area contributed by atoms with Crippen molar-refractivity contribution in [2.75, 3.05) is 26.1 Å². The normalized spacial score (nSPS) is 13.2. The molecule has 1 N–H and O–H groups in total. The van der Waals surface area contributed by atoms with Crippen LogP contribution in [0.15, 0.2) is 42.7 Å². The van der Waals surface area contributed by atoms with Gasteiger partial charge < -0.3 is 14.2 Å². The number of anilines is 1. The van der Waals surface area contributed by atoms with E-state index in [0.717, 1.165) is 15.3 Å². The second-order valence-corrected chi connectivity index (χ2v) is 11.6. The number of nitrogens with one attached hydrogen (secondary N) is 1. The molecular formula is C24H28N6O5S2. The summed E-state index contributed by atoms with van der Waals surface area (Å²) in [5, 5.41) is 7.47. The molecule has 1 aromatic carbocycles. The predicted molar refractivity (Wildman–Crippen MR) is 141 cm³/mol. The van der Waals surface area contributed by atoms with Gasteiger partial charge in [0, 0.05) is 24.4 Å². The molecule has 0 aliphatic rings. The van der Waals surface area contributed by atoms with E-state index in [9.17, 15) is 8.42 Å². The lowest BCUT2D eigenvalue weighted by molar-refractivity contribution is 0.0949. The van der Waals surface area contributed by atoms with Gasteiger partial charge in [0.15, 0.2) is 11.6 Å². The average molecular weight is 545 g/mol. The van der Waals surface area contributed by atoms with Crippen LogP contribution < -0.4 is 14.2 Å². The van der Waals surface area contributed by atoms with Crippen molar-refractivity contribution in [3.05, 3.63) is 59.0 Å². The van der Waals surface area contributed by atoms with Crippen molar-refractivity contribution in [3.63, 3.8) is 0 Å². The van der Waals surface area contributed by atoms with Gasteiger partial charge in [-0.3, -0.25) is 9.29 Å². The third kappa shape index (κ3) is 5.29. The molecule has 3 heterocycles. The first kappa shape index (κ1) is 26.5. The first-order valence-corrected chi connectivity index (χ1v) is 13.6. The fraction of sp³-hybridized carbons (Fsp3) is 0.333. The molecule has 4 aromatic rings. The predicted octanol–water partition coefficient (Wildman–Crippen LogP) is 3.94. The van der Waals surface area contributed by atoms with Crippen LogP contribution in [0.25, 0.3) is 16.4 Å². The van der Waals surface area contributed by atoms with Crippen molar-refractivity contribution >= 4 is 27.3 Å². The molecule has 0 amide bonds. The highest BCUT2D eigenvalue weighted by atomic mass is 32.2. The van der Waals surface area contributed by atoms with Gasteiger partial charge >= 0.3 is 0 Å². The highest BCUT2D eigenvalue weighted by molar-refractivity contribution is 7.93. The van der Waals surface area contributed by atoms with Gasteiger partial charge in [-0.2, -0.15) is 0 Å². The minimum atomic E-state index is -4.07. The van der Waals surface area contributed by atoms with Crippen molar-refractivity contribution in [2.24, 2.45) is 0 Å². The van der Waals surface area contributed by atoms with Crippen molar-refractivity contribution < 1.29 is 22.6 Å². The van der Waals surface area contributed by atoms with Crippen LogP contribution in [0.1, 0.15) is 29.3 Å². The number of benzene rings is 1. The van der Waals surface area contributed by atoms with Gasteiger partial charge in [-0.25, -0.2) is 18.4 Å². The standard InChI is InChI=1S/C24H28N6O5S2/c1-14-12-25-22(26-13-14)21(35-6)16(3)37(31,32)29-24-28-27-23(19-11-10-15(2)36-19)30(24)20-17(33-4)8-7-9-18(20)34-5/h7-13,16,21H,1-6H3,(H,28,29)/t16-,21-/m0/s1. The maximum atomic E-state index is 13.6. The van der Waals surface area contributed by atoms with E-state index in [1.165, 1.54) is 39.6 Å². The third-order valence-electron chi connectivity index (χ3n) is 5.71. The number of methoxy groups -OCH3 is 3. The van der Waals surface area contributed by atoms with Gasteiger partial charge in [0.05, 0.1) is 19.1 Å². The highest BCUT2D eigenvalue weighted by Crippen LogP contribution is 2.39. The second-order valence-electron chi connectivity index (χ2n) is 8.23. The SMILES string of the molecule is COc1cccc(OC)c1-n1c(NS(=O)(=O)[C@@H](C)[C@H](OC)c2ncc(C)cn2)nnc1-c1ccc(C)s1. The number of nitrogens with zero attached hydrogens (tertiary/aromatic N) is 5. The number of aromatic nitrogens is 5. The number of hydrogen-bond acceptors (Lipinski definition) is 10. The Morgan fingerprint density at radius 2 is 1.62 bits per heavy atom. The summed E-state index contributed by atoms with van der Waals surface area (Å²) in [6, 6.07) is 9.13.